The molecule has 0 aliphatic heterocycles. The van der Waals surface area contributed by atoms with Crippen LogP contribution in [0, 0.1) is 16.7 Å². The van der Waals surface area contributed by atoms with Crippen molar-refractivity contribution in [2.45, 2.75) is 25.9 Å². The molecule has 1 N–H and O–H groups in total. The molecule has 0 aliphatic carbocycles. The van der Waals surface area contributed by atoms with Crippen molar-refractivity contribution in [1.82, 2.24) is 0 Å². The summed E-state index contributed by atoms with van der Waals surface area (Å²) in [6, 6.07) is 8.77. The molecule has 0 heterocycles. The normalized spacial score (nSPS) is 13.2. The van der Waals surface area contributed by atoms with Gasteiger partial charge in [-0.05, 0) is 38.1 Å². The molecule has 0 aromatic heterocycles. The highest BCUT2D eigenvalue weighted by Gasteiger charge is 2.34. The standard InChI is InChI=1S/C13H15ClN2O2/c1-3-17-12(16)13(2,8-9-15)18-11-6-4-10(14)5-7-11/h4-7,16H,3,8H2,1-2H3. The van der Waals surface area contributed by atoms with Gasteiger partial charge in [-0.15, -0.1) is 0 Å². The number of benzene rings is 1. The Bertz CT molecular complexity index is 453. The van der Waals surface area contributed by atoms with Gasteiger partial charge in [0, 0.05) is 5.02 Å². The van der Waals surface area contributed by atoms with Crippen molar-refractivity contribution in [3.05, 3.63) is 29.3 Å². The highest BCUT2D eigenvalue weighted by atomic mass is 35.5. The van der Waals surface area contributed by atoms with E-state index in [2.05, 4.69) is 0 Å². The van der Waals surface area contributed by atoms with Crippen molar-refractivity contribution in [1.29, 1.82) is 10.7 Å². The second-order valence-electron chi connectivity index (χ2n) is 3.88. The van der Waals surface area contributed by atoms with Gasteiger partial charge in [0.25, 0.3) is 0 Å². The quantitative estimate of drug-likeness (QED) is 0.656. The molecule has 5 heteroatoms. The van der Waals surface area contributed by atoms with Gasteiger partial charge >= 0.3 is 0 Å². The van der Waals surface area contributed by atoms with E-state index in [1.54, 1.807) is 38.1 Å². The van der Waals surface area contributed by atoms with Crippen LogP contribution in [0.5, 0.6) is 5.75 Å². The molecule has 0 spiro atoms. The minimum atomic E-state index is -1.08. The summed E-state index contributed by atoms with van der Waals surface area (Å²) in [5, 5.41) is 17.3. The Kier molecular flexibility index (Phi) is 4.99. The average Bonchev–Trinajstić information content (AvgIpc) is 2.33. The van der Waals surface area contributed by atoms with E-state index in [9.17, 15) is 0 Å². The maximum Gasteiger partial charge on any atom is 0.226 e. The van der Waals surface area contributed by atoms with Crippen LogP contribution in [0.2, 0.25) is 5.02 Å². The fourth-order valence-corrected chi connectivity index (χ4v) is 1.50. The summed E-state index contributed by atoms with van der Waals surface area (Å²) in [6.07, 6.45) is 0.0362. The van der Waals surface area contributed by atoms with Gasteiger partial charge in [-0.2, -0.15) is 5.26 Å². The Morgan fingerprint density at radius 2 is 2.06 bits per heavy atom. The van der Waals surface area contributed by atoms with Gasteiger partial charge in [-0.3, -0.25) is 5.41 Å². The Hall–Kier alpha value is -1.73. The van der Waals surface area contributed by atoms with Crippen LogP contribution in [0.15, 0.2) is 24.3 Å². The SMILES string of the molecule is CCOC(=N)C(C)(CC#N)Oc1ccc(Cl)cc1. The van der Waals surface area contributed by atoms with E-state index in [1.807, 2.05) is 6.07 Å². The third kappa shape index (κ3) is 3.64. The van der Waals surface area contributed by atoms with Crippen LogP contribution in [0.4, 0.5) is 0 Å². The third-order valence-corrected chi connectivity index (χ3v) is 2.59. The molecule has 0 saturated heterocycles. The summed E-state index contributed by atoms with van der Waals surface area (Å²) in [5.41, 5.74) is -1.08. The molecule has 18 heavy (non-hydrogen) atoms. The zero-order valence-corrected chi connectivity index (χ0v) is 11.1. The van der Waals surface area contributed by atoms with Crippen LogP contribution in [0.3, 0.4) is 0 Å². The second kappa shape index (κ2) is 6.27. The van der Waals surface area contributed by atoms with Gasteiger partial charge in [-0.25, -0.2) is 0 Å². The van der Waals surface area contributed by atoms with Crippen LogP contribution in [0.1, 0.15) is 20.3 Å². The summed E-state index contributed by atoms with van der Waals surface area (Å²) < 4.78 is 10.8. The van der Waals surface area contributed by atoms with Gasteiger partial charge in [-0.1, -0.05) is 11.6 Å². The second-order valence-corrected chi connectivity index (χ2v) is 4.32. The molecular weight excluding hydrogens is 252 g/mol. The Morgan fingerprint density at radius 1 is 1.44 bits per heavy atom. The summed E-state index contributed by atoms with van der Waals surface area (Å²) in [5.74, 6) is 0.489. The summed E-state index contributed by atoms with van der Waals surface area (Å²) in [6.45, 7) is 3.80. The summed E-state index contributed by atoms with van der Waals surface area (Å²) in [7, 11) is 0. The first kappa shape index (κ1) is 14.3. The monoisotopic (exact) mass is 266 g/mol. The van der Waals surface area contributed by atoms with Gasteiger partial charge < -0.3 is 9.47 Å². The fourth-order valence-electron chi connectivity index (χ4n) is 1.37. The zero-order chi connectivity index (χ0) is 13.6. The van der Waals surface area contributed by atoms with E-state index in [1.165, 1.54) is 0 Å². The summed E-state index contributed by atoms with van der Waals surface area (Å²) >= 11 is 5.78. The van der Waals surface area contributed by atoms with Gasteiger partial charge in [0.15, 0.2) is 5.60 Å². The number of rotatable bonds is 5. The predicted molar refractivity (Wildman–Crippen MR) is 70.1 cm³/mol. The molecule has 1 rings (SSSR count). The molecule has 0 aliphatic rings. The molecule has 96 valence electrons. The number of nitrogens with zero attached hydrogens (tertiary/aromatic N) is 1. The highest BCUT2D eigenvalue weighted by Crippen LogP contribution is 2.24. The largest absolute Gasteiger partial charge is 0.479 e. The highest BCUT2D eigenvalue weighted by molar-refractivity contribution is 6.30. The minimum Gasteiger partial charge on any atom is -0.479 e. The van der Waals surface area contributed by atoms with Crippen LogP contribution in [0.25, 0.3) is 0 Å². The number of nitriles is 1. The average molecular weight is 267 g/mol. The lowest BCUT2D eigenvalue weighted by atomic mass is 10.0. The molecule has 0 amide bonds. The molecule has 4 nitrogen and oxygen atoms in total. The molecule has 0 fully saturated rings. The maximum absolute atomic E-state index is 8.84. The van der Waals surface area contributed by atoms with Crippen molar-refractivity contribution in [2.75, 3.05) is 6.61 Å². The van der Waals surface area contributed by atoms with Crippen molar-refractivity contribution >= 4 is 17.5 Å². The number of nitrogens with one attached hydrogen (secondary N) is 1. The van der Waals surface area contributed by atoms with Crippen molar-refractivity contribution < 1.29 is 9.47 Å². The molecule has 0 saturated carbocycles. The van der Waals surface area contributed by atoms with E-state index < -0.39 is 5.60 Å². The Balaban J connectivity index is 2.89. The Morgan fingerprint density at radius 3 is 2.56 bits per heavy atom. The van der Waals surface area contributed by atoms with Crippen molar-refractivity contribution in [3.8, 4) is 11.8 Å². The first-order valence-corrected chi connectivity index (χ1v) is 5.93. The van der Waals surface area contributed by atoms with Crippen LogP contribution < -0.4 is 4.74 Å². The summed E-state index contributed by atoms with van der Waals surface area (Å²) in [4.78, 5) is 0. The van der Waals surface area contributed by atoms with Crippen LogP contribution >= 0.6 is 11.6 Å². The number of hydrogen-bond donors (Lipinski definition) is 1. The van der Waals surface area contributed by atoms with E-state index in [4.69, 9.17) is 31.7 Å². The fraction of sp³-hybridized carbons (Fsp3) is 0.385. The van der Waals surface area contributed by atoms with Gasteiger partial charge in [0.05, 0.1) is 19.1 Å². The zero-order valence-electron chi connectivity index (χ0n) is 10.4. The molecule has 1 aromatic rings. The topological polar surface area (TPSA) is 66.1 Å². The number of halogens is 1. The molecule has 1 aromatic carbocycles. The van der Waals surface area contributed by atoms with E-state index in [0.717, 1.165) is 0 Å². The third-order valence-electron chi connectivity index (χ3n) is 2.34. The maximum atomic E-state index is 8.84. The molecule has 0 radical (unpaired) electrons. The van der Waals surface area contributed by atoms with E-state index in [0.29, 0.717) is 17.4 Å². The van der Waals surface area contributed by atoms with Crippen molar-refractivity contribution in [3.63, 3.8) is 0 Å². The lowest BCUT2D eigenvalue weighted by Crippen LogP contribution is -2.42. The predicted octanol–water partition coefficient (Wildman–Crippen LogP) is 3.40. The first-order chi connectivity index (χ1) is 8.51. The molecule has 0 bridgehead atoms. The molecular formula is C13H15ClN2O2. The molecule has 1 atom stereocenters. The smallest absolute Gasteiger partial charge is 0.226 e. The number of hydrogen-bond acceptors (Lipinski definition) is 4. The van der Waals surface area contributed by atoms with Crippen LogP contribution in [-0.4, -0.2) is 18.1 Å². The van der Waals surface area contributed by atoms with E-state index in [-0.39, 0.29) is 12.3 Å². The Labute approximate surface area is 112 Å². The number of ether oxygens (including phenoxy) is 2. The van der Waals surface area contributed by atoms with Gasteiger partial charge in [0.2, 0.25) is 5.90 Å². The first-order valence-electron chi connectivity index (χ1n) is 5.55. The lowest BCUT2D eigenvalue weighted by molar-refractivity contribution is 0.125. The van der Waals surface area contributed by atoms with Crippen molar-refractivity contribution in [2.24, 2.45) is 0 Å². The minimum absolute atomic E-state index is 0.0362. The lowest BCUT2D eigenvalue weighted by Gasteiger charge is -2.28. The van der Waals surface area contributed by atoms with Crippen LogP contribution in [-0.2, 0) is 4.74 Å². The molecule has 1 unspecified atom stereocenters. The van der Waals surface area contributed by atoms with Gasteiger partial charge in [0.1, 0.15) is 5.75 Å². The van der Waals surface area contributed by atoms with E-state index >= 15 is 0 Å².